The summed E-state index contributed by atoms with van der Waals surface area (Å²) in [5, 5.41) is 11.2. The maximum absolute atomic E-state index is 12.5. The second kappa shape index (κ2) is 4.34. The van der Waals surface area contributed by atoms with E-state index in [0.717, 1.165) is 16.5 Å². The van der Waals surface area contributed by atoms with Crippen LogP contribution in [0.15, 0.2) is 23.5 Å². The van der Waals surface area contributed by atoms with Crippen molar-refractivity contribution in [2.45, 2.75) is 12.6 Å². The van der Waals surface area contributed by atoms with Gasteiger partial charge >= 0.3 is 12.1 Å². The van der Waals surface area contributed by atoms with Gasteiger partial charge in [0, 0.05) is 6.20 Å². The van der Waals surface area contributed by atoms with Crippen molar-refractivity contribution in [2.75, 3.05) is 0 Å². The number of halogens is 3. The Hall–Kier alpha value is -2.45. The number of hydrogen-bond donors (Lipinski definition) is 1. The van der Waals surface area contributed by atoms with Gasteiger partial charge in [-0.05, 0) is 17.3 Å². The Labute approximate surface area is 103 Å². The van der Waals surface area contributed by atoms with E-state index in [4.69, 9.17) is 5.11 Å². The van der Waals surface area contributed by atoms with Crippen molar-refractivity contribution in [1.82, 2.24) is 9.38 Å². The van der Waals surface area contributed by atoms with Crippen LogP contribution in [0.5, 0.6) is 0 Å². The first-order valence-corrected chi connectivity index (χ1v) is 4.96. The van der Waals surface area contributed by atoms with Crippen LogP contribution in [0.3, 0.4) is 0 Å². The lowest BCUT2D eigenvalue weighted by Crippen LogP contribution is -2.06. The summed E-state index contributed by atoms with van der Waals surface area (Å²) in [5.41, 5.74) is -1.13. The van der Waals surface area contributed by atoms with Gasteiger partial charge in [0.15, 0.2) is 0 Å². The molecule has 0 aromatic carbocycles. The molecule has 0 saturated carbocycles. The summed E-state index contributed by atoms with van der Waals surface area (Å²) in [6.45, 7) is 0. The number of nitroso groups, excluding NO2 is 1. The Balaban J connectivity index is 2.64. The van der Waals surface area contributed by atoms with Crippen molar-refractivity contribution in [2.24, 2.45) is 5.18 Å². The zero-order valence-corrected chi connectivity index (χ0v) is 9.18. The number of carbonyl (C=O) groups is 1. The molecule has 0 amide bonds. The molecule has 0 aliphatic carbocycles. The molecule has 0 bridgehead atoms. The van der Waals surface area contributed by atoms with E-state index >= 15 is 0 Å². The molecule has 19 heavy (non-hydrogen) atoms. The minimum atomic E-state index is -4.58. The number of nitrogens with zero attached hydrogens (tertiary/aromatic N) is 3. The lowest BCUT2D eigenvalue weighted by Gasteiger charge is -2.06. The standard InChI is InChI=1S/C10H6F3N3O3/c11-10(12,13)5-1-2-7-14-6(3-8(17)18)9(15-19)16(7)4-5/h1-2,4H,3H2,(H,17,18). The van der Waals surface area contributed by atoms with Gasteiger partial charge in [-0.3, -0.25) is 9.20 Å². The number of aromatic nitrogens is 2. The molecule has 0 aliphatic rings. The monoisotopic (exact) mass is 273 g/mol. The van der Waals surface area contributed by atoms with Crippen LogP contribution in [0, 0.1) is 4.91 Å². The van der Waals surface area contributed by atoms with Crippen LogP contribution in [0.1, 0.15) is 11.3 Å². The van der Waals surface area contributed by atoms with Crippen molar-refractivity contribution in [3.05, 3.63) is 34.5 Å². The van der Waals surface area contributed by atoms with Crippen molar-refractivity contribution >= 4 is 17.4 Å². The third-order valence-electron chi connectivity index (χ3n) is 2.40. The van der Waals surface area contributed by atoms with Gasteiger partial charge in [0.05, 0.1) is 12.0 Å². The largest absolute Gasteiger partial charge is 0.481 e. The summed E-state index contributed by atoms with van der Waals surface area (Å²) in [6.07, 6.45) is -4.51. The molecule has 2 aromatic heterocycles. The molecular weight excluding hydrogens is 267 g/mol. The third-order valence-corrected chi connectivity index (χ3v) is 2.40. The number of imidazole rings is 1. The lowest BCUT2D eigenvalue weighted by atomic mass is 10.3. The van der Waals surface area contributed by atoms with Gasteiger partial charge in [0.2, 0.25) is 5.82 Å². The topological polar surface area (TPSA) is 84.0 Å². The molecule has 0 aliphatic heterocycles. The average molecular weight is 273 g/mol. The lowest BCUT2D eigenvalue weighted by molar-refractivity contribution is -0.138. The smallest absolute Gasteiger partial charge is 0.417 e. The molecule has 0 spiro atoms. The van der Waals surface area contributed by atoms with Crippen LogP contribution < -0.4 is 0 Å². The molecule has 2 heterocycles. The van der Waals surface area contributed by atoms with Crippen LogP contribution in [-0.4, -0.2) is 20.5 Å². The number of fused-ring (bicyclic) bond motifs is 1. The number of aliphatic carboxylic acids is 1. The molecule has 6 nitrogen and oxygen atoms in total. The van der Waals surface area contributed by atoms with E-state index in [2.05, 4.69) is 10.2 Å². The summed E-state index contributed by atoms with van der Waals surface area (Å²) in [6, 6.07) is 1.84. The number of alkyl halides is 3. The molecule has 0 saturated heterocycles. The fourth-order valence-corrected chi connectivity index (χ4v) is 1.61. The molecule has 2 aromatic rings. The molecule has 0 fully saturated rings. The van der Waals surface area contributed by atoms with Gasteiger partial charge in [-0.25, -0.2) is 4.98 Å². The first kappa shape index (κ1) is 13.0. The van der Waals surface area contributed by atoms with Crippen molar-refractivity contribution < 1.29 is 23.1 Å². The normalized spacial score (nSPS) is 11.7. The van der Waals surface area contributed by atoms with E-state index in [9.17, 15) is 22.9 Å². The van der Waals surface area contributed by atoms with Crippen molar-refractivity contribution in [3.63, 3.8) is 0 Å². The second-order valence-corrected chi connectivity index (χ2v) is 3.69. The Morgan fingerprint density at radius 2 is 2.11 bits per heavy atom. The minimum Gasteiger partial charge on any atom is -0.481 e. The molecule has 0 radical (unpaired) electrons. The molecule has 100 valence electrons. The first-order chi connectivity index (χ1) is 8.82. The molecular formula is C10H6F3N3O3. The van der Waals surface area contributed by atoms with Crippen molar-refractivity contribution in [1.29, 1.82) is 0 Å². The zero-order chi connectivity index (χ0) is 14.2. The van der Waals surface area contributed by atoms with Crippen LogP contribution in [0.25, 0.3) is 5.65 Å². The van der Waals surface area contributed by atoms with E-state index in [1.165, 1.54) is 0 Å². The highest BCUT2D eigenvalue weighted by Gasteiger charge is 2.31. The van der Waals surface area contributed by atoms with Crippen LogP contribution in [0.2, 0.25) is 0 Å². The van der Waals surface area contributed by atoms with Gasteiger partial charge in [-0.15, -0.1) is 4.91 Å². The fourth-order valence-electron chi connectivity index (χ4n) is 1.61. The highest BCUT2D eigenvalue weighted by Crippen LogP contribution is 2.31. The molecule has 9 heteroatoms. The Morgan fingerprint density at radius 3 is 2.63 bits per heavy atom. The van der Waals surface area contributed by atoms with E-state index in [-0.39, 0.29) is 11.3 Å². The molecule has 1 N–H and O–H groups in total. The molecule has 0 atom stereocenters. The third kappa shape index (κ3) is 2.39. The molecule has 2 rings (SSSR count). The van der Waals surface area contributed by atoms with Gasteiger partial charge in [0.25, 0.3) is 0 Å². The predicted molar refractivity (Wildman–Crippen MR) is 57.0 cm³/mol. The quantitative estimate of drug-likeness (QED) is 0.870. The maximum atomic E-state index is 12.5. The number of carboxylic acid groups (broad SMARTS) is 1. The zero-order valence-electron chi connectivity index (χ0n) is 9.18. The second-order valence-electron chi connectivity index (χ2n) is 3.69. The van der Waals surface area contributed by atoms with Crippen LogP contribution >= 0.6 is 0 Å². The maximum Gasteiger partial charge on any atom is 0.417 e. The summed E-state index contributed by atoms with van der Waals surface area (Å²) in [7, 11) is 0. The number of carboxylic acids is 1. The van der Waals surface area contributed by atoms with Gasteiger partial charge in [-0.2, -0.15) is 13.2 Å². The molecule has 0 unspecified atom stereocenters. The number of rotatable bonds is 3. The predicted octanol–water partition coefficient (Wildman–Crippen LogP) is 2.38. The average Bonchev–Trinajstić information content (AvgIpc) is 2.62. The van der Waals surface area contributed by atoms with Gasteiger partial charge < -0.3 is 5.11 Å². The Kier molecular flexibility index (Phi) is 2.97. The van der Waals surface area contributed by atoms with E-state index in [0.29, 0.717) is 6.20 Å². The summed E-state index contributed by atoms with van der Waals surface area (Å²) >= 11 is 0. The first-order valence-electron chi connectivity index (χ1n) is 4.96. The Morgan fingerprint density at radius 1 is 1.42 bits per heavy atom. The number of hydrogen-bond acceptors (Lipinski definition) is 4. The van der Waals surface area contributed by atoms with Gasteiger partial charge in [-0.1, -0.05) is 0 Å². The van der Waals surface area contributed by atoms with Gasteiger partial charge in [0.1, 0.15) is 11.3 Å². The van der Waals surface area contributed by atoms with Crippen LogP contribution in [-0.2, 0) is 17.4 Å². The highest BCUT2D eigenvalue weighted by atomic mass is 19.4. The summed E-state index contributed by atoms with van der Waals surface area (Å²) < 4.78 is 38.4. The highest BCUT2D eigenvalue weighted by molar-refractivity contribution is 5.72. The van der Waals surface area contributed by atoms with Crippen LogP contribution in [0.4, 0.5) is 19.0 Å². The van der Waals surface area contributed by atoms with E-state index < -0.39 is 29.9 Å². The number of pyridine rings is 1. The van der Waals surface area contributed by atoms with E-state index in [1.54, 1.807) is 0 Å². The fraction of sp³-hybridized carbons (Fsp3) is 0.200. The summed E-state index contributed by atoms with van der Waals surface area (Å²) in [4.78, 5) is 25.0. The van der Waals surface area contributed by atoms with Crippen molar-refractivity contribution in [3.8, 4) is 0 Å². The minimum absolute atomic E-state index is 0.0267. The Bertz CT molecular complexity index is 663. The van der Waals surface area contributed by atoms with E-state index in [1.807, 2.05) is 0 Å². The summed E-state index contributed by atoms with van der Waals surface area (Å²) in [5.74, 6) is -1.70. The SMILES string of the molecule is O=Nc1c(CC(=O)O)nc2ccc(C(F)(F)F)cn12.